The summed E-state index contributed by atoms with van der Waals surface area (Å²) in [5, 5.41) is 5.33. The van der Waals surface area contributed by atoms with Gasteiger partial charge >= 0.3 is 0 Å². The normalized spacial score (nSPS) is 14.2. The van der Waals surface area contributed by atoms with Gasteiger partial charge in [-0.2, -0.15) is 0 Å². The zero-order valence-corrected chi connectivity index (χ0v) is 16.0. The minimum Gasteiger partial charge on any atom is -0.348 e. The fourth-order valence-corrected chi connectivity index (χ4v) is 3.11. The number of fused-ring (bicyclic) bond motifs is 1. The Bertz CT molecular complexity index is 1240. The van der Waals surface area contributed by atoms with Gasteiger partial charge in [0.2, 0.25) is 5.78 Å². The van der Waals surface area contributed by atoms with Crippen molar-refractivity contribution in [3.63, 3.8) is 0 Å². The van der Waals surface area contributed by atoms with Crippen LogP contribution >= 0.6 is 0 Å². The molecule has 2 amide bonds. The molecule has 0 unspecified atom stereocenters. The molecule has 31 heavy (non-hydrogen) atoms. The lowest BCUT2D eigenvalue weighted by Gasteiger charge is -2.19. The molecule has 0 saturated carbocycles. The van der Waals surface area contributed by atoms with Crippen LogP contribution in [0, 0.1) is 11.6 Å². The summed E-state index contributed by atoms with van der Waals surface area (Å²) in [5.74, 6) is -3.80. The van der Waals surface area contributed by atoms with E-state index in [0.29, 0.717) is 0 Å². The van der Waals surface area contributed by atoms with Crippen LogP contribution in [0.25, 0.3) is 6.08 Å². The number of amides is 2. The van der Waals surface area contributed by atoms with E-state index >= 15 is 0 Å². The lowest BCUT2D eigenvalue weighted by atomic mass is 9.93. The van der Waals surface area contributed by atoms with Gasteiger partial charge in [-0.25, -0.2) is 8.78 Å². The molecule has 0 saturated heterocycles. The topological polar surface area (TPSA) is 88.2 Å². The highest BCUT2D eigenvalue weighted by atomic mass is 19.2. The van der Waals surface area contributed by atoms with Gasteiger partial charge in [0.25, 0.3) is 11.8 Å². The standard InChI is InChI=1S/C23H15F2N3O3/c24-18-3-1-14(10-19(18)25)9-17-21(29)16-11-15(2-4-20(16)28-23(17)31)22(30)27-12-13-5-7-26-8-6-13/h1-11H,12H2,(H,27,30)(H,28,31)/b17-9+. The molecule has 1 aliphatic rings. The number of rotatable bonds is 4. The van der Waals surface area contributed by atoms with Crippen molar-refractivity contribution < 1.29 is 23.2 Å². The fraction of sp³-hybridized carbons (Fsp3) is 0.0435. The van der Waals surface area contributed by atoms with E-state index in [1.807, 2.05) is 0 Å². The largest absolute Gasteiger partial charge is 0.348 e. The van der Waals surface area contributed by atoms with Gasteiger partial charge in [-0.3, -0.25) is 19.4 Å². The van der Waals surface area contributed by atoms with Crippen LogP contribution in [-0.2, 0) is 11.3 Å². The van der Waals surface area contributed by atoms with Crippen LogP contribution in [0.4, 0.5) is 14.5 Å². The van der Waals surface area contributed by atoms with Crippen molar-refractivity contribution in [2.45, 2.75) is 6.54 Å². The molecule has 1 aromatic heterocycles. The van der Waals surface area contributed by atoms with Crippen molar-refractivity contribution in [3.05, 3.63) is 100 Å². The average molecular weight is 419 g/mol. The maximum Gasteiger partial charge on any atom is 0.259 e. The summed E-state index contributed by atoms with van der Waals surface area (Å²) in [5.41, 5.74) is 1.42. The highest BCUT2D eigenvalue weighted by molar-refractivity contribution is 6.36. The molecular weight excluding hydrogens is 404 g/mol. The van der Waals surface area contributed by atoms with E-state index in [1.165, 1.54) is 30.3 Å². The van der Waals surface area contributed by atoms with E-state index in [2.05, 4.69) is 15.6 Å². The number of Topliss-reactive ketones (excluding diaryl/α,β-unsaturated/α-hetero) is 1. The molecule has 2 heterocycles. The number of ketones is 1. The Kier molecular flexibility index (Phi) is 5.36. The van der Waals surface area contributed by atoms with Gasteiger partial charge < -0.3 is 10.6 Å². The van der Waals surface area contributed by atoms with Crippen LogP contribution in [0.3, 0.4) is 0 Å². The first kappa shape index (κ1) is 20.1. The number of aromatic nitrogens is 1. The Morgan fingerprint density at radius 3 is 2.52 bits per heavy atom. The van der Waals surface area contributed by atoms with Gasteiger partial charge in [-0.15, -0.1) is 0 Å². The molecular formula is C23H15F2N3O3. The Morgan fingerprint density at radius 2 is 1.77 bits per heavy atom. The van der Waals surface area contributed by atoms with Crippen LogP contribution < -0.4 is 10.6 Å². The first-order valence-corrected chi connectivity index (χ1v) is 9.26. The molecule has 154 valence electrons. The summed E-state index contributed by atoms with van der Waals surface area (Å²) >= 11 is 0. The summed E-state index contributed by atoms with van der Waals surface area (Å²) < 4.78 is 26.6. The third kappa shape index (κ3) is 4.23. The minimum atomic E-state index is -1.09. The van der Waals surface area contributed by atoms with Crippen LogP contribution in [-0.4, -0.2) is 22.6 Å². The highest BCUT2D eigenvalue weighted by Gasteiger charge is 2.29. The van der Waals surface area contributed by atoms with Gasteiger partial charge in [0.1, 0.15) is 0 Å². The van der Waals surface area contributed by atoms with Gasteiger partial charge in [-0.05, 0) is 59.7 Å². The van der Waals surface area contributed by atoms with E-state index in [-0.39, 0.29) is 34.5 Å². The van der Waals surface area contributed by atoms with E-state index < -0.39 is 29.2 Å². The second-order valence-electron chi connectivity index (χ2n) is 6.81. The summed E-state index contributed by atoms with van der Waals surface area (Å²) in [6, 6.07) is 10.9. The summed E-state index contributed by atoms with van der Waals surface area (Å²) in [6.07, 6.45) is 4.41. The summed E-state index contributed by atoms with van der Waals surface area (Å²) in [6.45, 7) is 0.282. The number of pyridine rings is 1. The lowest BCUT2D eigenvalue weighted by Crippen LogP contribution is -2.28. The number of benzene rings is 2. The predicted octanol–water partition coefficient (Wildman–Crippen LogP) is 3.51. The van der Waals surface area contributed by atoms with E-state index in [1.54, 1.807) is 24.5 Å². The number of hydrogen-bond acceptors (Lipinski definition) is 4. The molecule has 6 nitrogen and oxygen atoms in total. The molecule has 0 aliphatic carbocycles. The maximum absolute atomic E-state index is 13.5. The minimum absolute atomic E-state index is 0.130. The Balaban J connectivity index is 1.59. The molecule has 8 heteroatoms. The zero-order valence-electron chi connectivity index (χ0n) is 16.0. The number of anilines is 1. The fourth-order valence-electron chi connectivity index (χ4n) is 3.11. The molecule has 0 spiro atoms. The van der Waals surface area contributed by atoms with Crippen LogP contribution in [0.1, 0.15) is 31.8 Å². The van der Waals surface area contributed by atoms with Crippen molar-refractivity contribution in [1.82, 2.24) is 10.3 Å². The quantitative estimate of drug-likeness (QED) is 0.501. The summed E-state index contributed by atoms with van der Waals surface area (Å²) in [7, 11) is 0. The third-order valence-electron chi connectivity index (χ3n) is 4.72. The van der Waals surface area contributed by atoms with Crippen molar-refractivity contribution in [2.24, 2.45) is 0 Å². The Labute approximate surface area is 175 Å². The van der Waals surface area contributed by atoms with Gasteiger partial charge in [0.05, 0.1) is 11.3 Å². The monoisotopic (exact) mass is 419 g/mol. The number of carbonyl (C=O) groups is 3. The predicted molar refractivity (Wildman–Crippen MR) is 109 cm³/mol. The molecule has 3 aromatic rings. The highest BCUT2D eigenvalue weighted by Crippen LogP contribution is 2.28. The second-order valence-corrected chi connectivity index (χ2v) is 6.81. The molecule has 1 aliphatic heterocycles. The molecule has 0 atom stereocenters. The summed E-state index contributed by atoms with van der Waals surface area (Å²) in [4.78, 5) is 41.7. The lowest BCUT2D eigenvalue weighted by molar-refractivity contribution is -0.112. The van der Waals surface area contributed by atoms with Crippen molar-refractivity contribution in [3.8, 4) is 0 Å². The van der Waals surface area contributed by atoms with E-state index in [0.717, 1.165) is 17.7 Å². The van der Waals surface area contributed by atoms with Crippen LogP contribution in [0.5, 0.6) is 0 Å². The number of nitrogens with one attached hydrogen (secondary N) is 2. The molecule has 0 bridgehead atoms. The van der Waals surface area contributed by atoms with Crippen molar-refractivity contribution >= 4 is 29.4 Å². The molecule has 4 rings (SSSR count). The van der Waals surface area contributed by atoms with Crippen LogP contribution in [0.15, 0.2) is 66.5 Å². The molecule has 0 fully saturated rings. The SMILES string of the molecule is O=C1Nc2ccc(C(=O)NCc3ccncc3)cc2C(=O)/C1=C\c1ccc(F)c(F)c1. The number of nitrogens with zero attached hydrogens (tertiary/aromatic N) is 1. The average Bonchev–Trinajstić information content (AvgIpc) is 2.78. The molecule has 0 radical (unpaired) electrons. The van der Waals surface area contributed by atoms with E-state index in [4.69, 9.17) is 0 Å². The van der Waals surface area contributed by atoms with Crippen molar-refractivity contribution in [1.29, 1.82) is 0 Å². The molecule has 2 aromatic carbocycles. The van der Waals surface area contributed by atoms with Gasteiger partial charge in [0.15, 0.2) is 11.6 Å². The number of hydrogen-bond donors (Lipinski definition) is 2. The van der Waals surface area contributed by atoms with Gasteiger partial charge in [0, 0.05) is 30.1 Å². The first-order valence-electron chi connectivity index (χ1n) is 9.26. The molecule has 2 N–H and O–H groups in total. The van der Waals surface area contributed by atoms with E-state index in [9.17, 15) is 23.2 Å². The first-order chi connectivity index (χ1) is 14.9. The van der Waals surface area contributed by atoms with Gasteiger partial charge in [-0.1, -0.05) is 6.07 Å². The number of halogens is 2. The second kappa shape index (κ2) is 8.27. The number of carbonyl (C=O) groups excluding carboxylic acids is 3. The van der Waals surface area contributed by atoms with Crippen molar-refractivity contribution in [2.75, 3.05) is 5.32 Å². The smallest absolute Gasteiger partial charge is 0.259 e. The van der Waals surface area contributed by atoms with Crippen LogP contribution in [0.2, 0.25) is 0 Å². The maximum atomic E-state index is 13.5. The zero-order chi connectivity index (χ0) is 22.0. The Hall–Kier alpha value is -4.20. The third-order valence-corrected chi connectivity index (χ3v) is 4.72. The Morgan fingerprint density at radius 1 is 1.00 bits per heavy atom.